The van der Waals surface area contributed by atoms with Crippen LogP contribution in [0.5, 0.6) is 11.5 Å². The number of thiol groups is 3. The summed E-state index contributed by atoms with van der Waals surface area (Å²) in [5.41, 5.74) is 3.39. The van der Waals surface area contributed by atoms with E-state index in [2.05, 4.69) is 82.1 Å². The summed E-state index contributed by atoms with van der Waals surface area (Å²) in [6, 6.07) is 14.6. The molecule has 0 spiro atoms. The van der Waals surface area contributed by atoms with Crippen molar-refractivity contribution in [2.45, 2.75) is 62.9 Å². The fraction of sp³-hybridized carbons (Fsp3) is 0.520. The summed E-state index contributed by atoms with van der Waals surface area (Å²) < 4.78 is 12.5. The molecule has 0 saturated heterocycles. The van der Waals surface area contributed by atoms with E-state index in [1.165, 1.54) is 5.56 Å². The molecule has 0 aliphatic rings. The van der Waals surface area contributed by atoms with Crippen molar-refractivity contribution in [1.29, 1.82) is 0 Å². The van der Waals surface area contributed by atoms with Crippen LogP contribution < -0.4 is 9.47 Å². The van der Waals surface area contributed by atoms with Crippen molar-refractivity contribution in [2.24, 2.45) is 0 Å². The lowest BCUT2D eigenvalue weighted by Crippen LogP contribution is -2.09. The smallest absolute Gasteiger partial charge is 0.130 e. The molecular formula is C25H36O2S3. The standard InChI is InChI=1S/C25H36O2S3/c1-3-20(29)14-16-26-24-13-6-5-11-22(24)23-12-7-9-19(10-8-18-28)25(23)27-17-15-21(30)4-2/h5-7,9,11-13,20-21,28-30H,3-4,8,10,14-18H2,1-2H3. The van der Waals surface area contributed by atoms with Gasteiger partial charge in [-0.1, -0.05) is 50.2 Å². The van der Waals surface area contributed by atoms with Gasteiger partial charge in [0.15, 0.2) is 0 Å². The van der Waals surface area contributed by atoms with Crippen molar-refractivity contribution in [3.63, 3.8) is 0 Å². The van der Waals surface area contributed by atoms with Crippen molar-refractivity contribution in [3.8, 4) is 22.6 Å². The lowest BCUT2D eigenvalue weighted by molar-refractivity contribution is 0.303. The van der Waals surface area contributed by atoms with Crippen LogP contribution in [0.4, 0.5) is 0 Å². The Morgan fingerprint density at radius 3 is 2.10 bits per heavy atom. The third kappa shape index (κ3) is 7.97. The molecule has 0 amide bonds. The number of rotatable bonds is 14. The maximum atomic E-state index is 6.37. The van der Waals surface area contributed by atoms with Gasteiger partial charge in [-0.15, -0.1) is 0 Å². The van der Waals surface area contributed by atoms with Crippen molar-refractivity contribution in [3.05, 3.63) is 48.0 Å². The number of para-hydroxylation sites is 2. The lowest BCUT2D eigenvalue weighted by atomic mass is 9.98. The summed E-state index contributed by atoms with van der Waals surface area (Å²) in [6.07, 6.45) is 5.92. The van der Waals surface area contributed by atoms with Crippen LogP contribution in [0.1, 0.15) is 51.5 Å². The highest BCUT2D eigenvalue weighted by molar-refractivity contribution is 7.81. The van der Waals surface area contributed by atoms with Crippen LogP contribution in [-0.2, 0) is 6.42 Å². The van der Waals surface area contributed by atoms with Gasteiger partial charge in [0.1, 0.15) is 11.5 Å². The summed E-state index contributed by atoms with van der Waals surface area (Å²) >= 11 is 13.6. The largest absolute Gasteiger partial charge is 0.493 e. The molecule has 2 aromatic rings. The van der Waals surface area contributed by atoms with Crippen LogP contribution in [0.25, 0.3) is 11.1 Å². The number of hydrogen-bond acceptors (Lipinski definition) is 5. The first-order valence-electron chi connectivity index (χ1n) is 11.0. The predicted molar refractivity (Wildman–Crippen MR) is 140 cm³/mol. The molecule has 0 bridgehead atoms. The molecule has 0 fully saturated rings. The first-order valence-corrected chi connectivity index (χ1v) is 12.7. The van der Waals surface area contributed by atoms with Crippen molar-refractivity contribution in [1.82, 2.24) is 0 Å². The van der Waals surface area contributed by atoms with Crippen LogP contribution in [0.2, 0.25) is 0 Å². The Bertz CT molecular complexity index is 751. The highest BCUT2D eigenvalue weighted by Crippen LogP contribution is 2.39. The van der Waals surface area contributed by atoms with E-state index in [1.807, 2.05) is 12.1 Å². The molecule has 5 heteroatoms. The van der Waals surface area contributed by atoms with E-state index in [-0.39, 0.29) is 0 Å². The monoisotopic (exact) mass is 464 g/mol. The van der Waals surface area contributed by atoms with Gasteiger partial charge in [-0.2, -0.15) is 37.9 Å². The summed E-state index contributed by atoms with van der Waals surface area (Å²) in [7, 11) is 0. The number of ether oxygens (including phenoxy) is 2. The average Bonchev–Trinajstić information content (AvgIpc) is 2.78. The van der Waals surface area contributed by atoms with Gasteiger partial charge < -0.3 is 9.47 Å². The van der Waals surface area contributed by atoms with Crippen LogP contribution in [0.3, 0.4) is 0 Å². The van der Waals surface area contributed by atoms with Gasteiger partial charge in [0.25, 0.3) is 0 Å². The van der Waals surface area contributed by atoms with Crippen molar-refractivity contribution < 1.29 is 9.47 Å². The molecule has 2 atom stereocenters. The van der Waals surface area contributed by atoms with E-state index in [0.29, 0.717) is 23.7 Å². The zero-order chi connectivity index (χ0) is 21.8. The van der Waals surface area contributed by atoms with Gasteiger partial charge in [-0.25, -0.2) is 0 Å². The Hall–Kier alpha value is -0.910. The number of benzene rings is 2. The van der Waals surface area contributed by atoms with Gasteiger partial charge in [0.05, 0.1) is 13.2 Å². The summed E-state index contributed by atoms with van der Waals surface area (Å²) in [5.74, 6) is 2.72. The second-order valence-corrected chi connectivity index (χ2v) is 9.42. The SMILES string of the molecule is CCC(S)CCOc1ccccc1-c1cccc(CCCS)c1OCCC(S)CC. The van der Waals surface area contributed by atoms with E-state index in [0.717, 1.165) is 66.9 Å². The van der Waals surface area contributed by atoms with Gasteiger partial charge in [0.2, 0.25) is 0 Å². The number of aryl methyl sites for hydroxylation is 1. The van der Waals surface area contributed by atoms with Gasteiger partial charge in [-0.05, 0) is 55.9 Å². The Labute approximate surface area is 199 Å². The molecule has 2 unspecified atom stereocenters. The minimum Gasteiger partial charge on any atom is -0.493 e. The summed E-state index contributed by atoms with van der Waals surface area (Å²) in [5, 5.41) is 0.731. The molecule has 0 aromatic heterocycles. The molecule has 0 radical (unpaired) electrons. The number of hydrogen-bond donors (Lipinski definition) is 3. The van der Waals surface area contributed by atoms with E-state index in [9.17, 15) is 0 Å². The minimum absolute atomic E-state index is 0.362. The maximum absolute atomic E-state index is 6.37. The van der Waals surface area contributed by atoms with Crippen LogP contribution in [0.15, 0.2) is 42.5 Å². The Morgan fingerprint density at radius 1 is 0.800 bits per heavy atom. The zero-order valence-electron chi connectivity index (χ0n) is 18.2. The first kappa shape index (κ1) is 25.4. The van der Waals surface area contributed by atoms with Gasteiger partial charge >= 0.3 is 0 Å². The van der Waals surface area contributed by atoms with Crippen molar-refractivity contribution >= 4 is 37.9 Å². The maximum Gasteiger partial charge on any atom is 0.130 e. The van der Waals surface area contributed by atoms with Gasteiger partial charge in [-0.3, -0.25) is 0 Å². The molecule has 0 aliphatic carbocycles. The molecule has 166 valence electrons. The minimum atomic E-state index is 0.362. The lowest BCUT2D eigenvalue weighted by Gasteiger charge is -2.19. The predicted octanol–water partition coefficient (Wildman–Crippen LogP) is 7.17. The normalized spacial score (nSPS) is 13.1. The first-order chi connectivity index (χ1) is 14.6. The molecule has 2 nitrogen and oxygen atoms in total. The van der Waals surface area contributed by atoms with Crippen LogP contribution >= 0.6 is 37.9 Å². The van der Waals surface area contributed by atoms with Crippen molar-refractivity contribution in [2.75, 3.05) is 19.0 Å². The molecule has 30 heavy (non-hydrogen) atoms. The molecule has 0 aliphatic heterocycles. The quantitative estimate of drug-likeness (QED) is 0.257. The Morgan fingerprint density at radius 2 is 1.43 bits per heavy atom. The summed E-state index contributed by atoms with van der Waals surface area (Å²) in [4.78, 5) is 0. The molecular weight excluding hydrogens is 428 g/mol. The molecule has 0 heterocycles. The molecule has 0 N–H and O–H groups in total. The molecule has 2 aromatic carbocycles. The van der Waals surface area contributed by atoms with E-state index in [4.69, 9.17) is 9.47 Å². The Kier molecular flexibility index (Phi) is 12.0. The Balaban J connectivity index is 2.30. The van der Waals surface area contributed by atoms with Crippen LogP contribution in [-0.4, -0.2) is 29.5 Å². The average molecular weight is 465 g/mol. The second-order valence-electron chi connectivity index (χ2n) is 7.52. The van der Waals surface area contributed by atoms with E-state index < -0.39 is 0 Å². The fourth-order valence-electron chi connectivity index (χ4n) is 3.26. The van der Waals surface area contributed by atoms with Gasteiger partial charge in [0, 0.05) is 21.6 Å². The van der Waals surface area contributed by atoms with E-state index >= 15 is 0 Å². The molecule has 2 rings (SSSR count). The van der Waals surface area contributed by atoms with Crippen LogP contribution in [0, 0.1) is 0 Å². The second kappa shape index (κ2) is 14.2. The van der Waals surface area contributed by atoms with E-state index in [1.54, 1.807) is 0 Å². The highest BCUT2D eigenvalue weighted by atomic mass is 32.1. The third-order valence-electron chi connectivity index (χ3n) is 5.23. The summed E-state index contributed by atoms with van der Waals surface area (Å²) in [6.45, 7) is 5.63. The topological polar surface area (TPSA) is 18.5 Å². The highest BCUT2D eigenvalue weighted by Gasteiger charge is 2.16. The zero-order valence-corrected chi connectivity index (χ0v) is 20.9. The molecule has 0 saturated carbocycles. The fourth-order valence-corrected chi connectivity index (χ4v) is 3.63. The third-order valence-corrected chi connectivity index (χ3v) is 6.79.